The van der Waals surface area contributed by atoms with Crippen molar-refractivity contribution >= 4 is 34.8 Å². The Hall–Kier alpha value is -2.50. The lowest BCUT2D eigenvalue weighted by Gasteiger charge is -2.08. The van der Waals surface area contributed by atoms with Gasteiger partial charge in [-0.3, -0.25) is 9.78 Å². The van der Waals surface area contributed by atoms with Crippen molar-refractivity contribution < 1.29 is 9.18 Å². The smallest absolute Gasteiger partial charge is 0.258 e. The van der Waals surface area contributed by atoms with E-state index >= 15 is 0 Å². The molecule has 0 fully saturated rings. The SMILES string of the molecule is O=C(Nc1ccnc(Cl)c1)c1ccc(-c2ncccc2Cl)cc1F. The molecule has 4 nitrogen and oxygen atoms in total. The van der Waals surface area contributed by atoms with Gasteiger partial charge in [0, 0.05) is 23.6 Å². The van der Waals surface area contributed by atoms with E-state index in [1.165, 1.54) is 24.4 Å². The number of rotatable bonds is 3. The summed E-state index contributed by atoms with van der Waals surface area (Å²) in [5.74, 6) is -1.26. The Balaban J connectivity index is 1.87. The highest BCUT2D eigenvalue weighted by Gasteiger charge is 2.14. The van der Waals surface area contributed by atoms with E-state index in [4.69, 9.17) is 23.2 Å². The number of halogens is 3. The summed E-state index contributed by atoms with van der Waals surface area (Å²) in [6.45, 7) is 0. The van der Waals surface area contributed by atoms with Gasteiger partial charge in [0.15, 0.2) is 0 Å². The maximum absolute atomic E-state index is 14.3. The van der Waals surface area contributed by atoms with Gasteiger partial charge in [-0.1, -0.05) is 29.3 Å². The van der Waals surface area contributed by atoms with Crippen LogP contribution in [0.4, 0.5) is 10.1 Å². The Labute approximate surface area is 147 Å². The molecule has 7 heteroatoms. The predicted octanol–water partition coefficient (Wildman–Crippen LogP) is 4.84. The average molecular weight is 362 g/mol. The van der Waals surface area contributed by atoms with Crippen LogP contribution in [-0.4, -0.2) is 15.9 Å². The first-order chi connectivity index (χ1) is 11.5. The molecular weight excluding hydrogens is 352 g/mol. The first-order valence-corrected chi connectivity index (χ1v) is 7.63. The molecular formula is C17H10Cl2FN3O. The van der Waals surface area contributed by atoms with E-state index in [1.54, 1.807) is 30.5 Å². The van der Waals surface area contributed by atoms with Crippen LogP contribution in [-0.2, 0) is 0 Å². The molecule has 24 heavy (non-hydrogen) atoms. The molecule has 0 spiro atoms. The molecule has 0 aliphatic rings. The van der Waals surface area contributed by atoms with Crippen LogP contribution < -0.4 is 5.32 Å². The lowest BCUT2D eigenvalue weighted by Crippen LogP contribution is -2.13. The fraction of sp³-hybridized carbons (Fsp3) is 0. The van der Waals surface area contributed by atoms with Gasteiger partial charge >= 0.3 is 0 Å². The van der Waals surface area contributed by atoms with Crippen LogP contribution in [0, 0.1) is 5.82 Å². The Morgan fingerprint density at radius 1 is 1.04 bits per heavy atom. The summed E-state index contributed by atoms with van der Waals surface area (Å²) in [5.41, 5.74) is 1.27. The van der Waals surface area contributed by atoms with E-state index in [0.29, 0.717) is 22.0 Å². The first kappa shape index (κ1) is 16.4. The number of carbonyl (C=O) groups excluding carboxylic acids is 1. The van der Waals surface area contributed by atoms with Gasteiger partial charge in [-0.05, 0) is 36.4 Å². The van der Waals surface area contributed by atoms with Crippen molar-refractivity contribution in [3.8, 4) is 11.3 Å². The number of hydrogen-bond acceptors (Lipinski definition) is 3. The number of amides is 1. The molecule has 0 bridgehead atoms. The van der Waals surface area contributed by atoms with Crippen LogP contribution in [0.1, 0.15) is 10.4 Å². The minimum atomic E-state index is -0.674. The lowest BCUT2D eigenvalue weighted by atomic mass is 10.1. The van der Waals surface area contributed by atoms with Gasteiger partial charge < -0.3 is 5.32 Å². The van der Waals surface area contributed by atoms with Gasteiger partial charge in [-0.2, -0.15) is 0 Å². The van der Waals surface area contributed by atoms with Crippen molar-refractivity contribution in [3.63, 3.8) is 0 Å². The number of anilines is 1. The number of aromatic nitrogens is 2. The second-order valence-electron chi connectivity index (χ2n) is 4.85. The molecule has 3 aromatic rings. The van der Waals surface area contributed by atoms with Crippen LogP contribution in [0.15, 0.2) is 54.9 Å². The second-order valence-corrected chi connectivity index (χ2v) is 5.64. The molecule has 0 saturated heterocycles. The molecule has 0 unspecified atom stereocenters. The zero-order valence-corrected chi connectivity index (χ0v) is 13.6. The maximum Gasteiger partial charge on any atom is 0.258 e. The number of benzene rings is 1. The second kappa shape index (κ2) is 6.95. The normalized spacial score (nSPS) is 10.5. The van der Waals surface area contributed by atoms with Gasteiger partial charge in [-0.25, -0.2) is 9.37 Å². The van der Waals surface area contributed by atoms with Crippen molar-refractivity contribution in [2.45, 2.75) is 0 Å². The Morgan fingerprint density at radius 3 is 2.58 bits per heavy atom. The summed E-state index contributed by atoms with van der Waals surface area (Å²) in [5, 5.41) is 3.20. The molecule has 1 N–H and O–H groups in total. The largest absolute Gasteiger partial charge is 0.322 e. The van der Waals surface area contributed by atoms with Crippen LogP contribution in [0.3, 0.4) is 0 Å². The number of pyridine rings is 2. The van der Waals surface area contributed by atoms with Gasteiger partial charge in [-0.15, -0.1) is 0 Å². The summed E-state index contributed by atoms with van der Waals surface area (Å²) in [6, 6.07) is 10.6. The fourth-order valence-corrected chi connectivity index (χ4v) is 2.53. The lowest BCUT2D eigenvalue weighted by molar-refractivity contribution is 0.102. The van der Waals surface area contributed by atoms with Crippen molar-refractivity contribution in [1.29, 1.82) is 0 Å². The molecule has 0 atom stereocenters. The zero-order valence-electron chi connectivity index (χ0n) is 12.1. The maximum atomic E-state index is 14.3. The van der Waals surface area contributed by atoms with Gasteiger partial charge in [0.2, 0.25) is 0 Å². The topological polar surface area (TPSA) is 54.9 Å². The molecule has 1 aromatic carbocycles. The van der Waals surface area contributed by atoms with E-state index in [-0.39, 0.29) is 10.7 Å². The van der Waals surface area contributed by atoms with Crippen LogP contribution in [0.2, 0.25) is 10.2 Å². The first-order valence-electron chi connectivity index (χ1n) is 6.88. The summed E-state index contributed by atoms with van der Waals surface area (Å²) >= 11 is 11.8. The highest BCUT2D eigenvalue weighted by molar-refractivity contribution is 6.33. The Bertz CT molecular complexity index is 918. The number of hydrogen-bond donors (Lipinski definition) is 1. The third-order valence-electron chi connectivity index (χ3n) is 3.23. The number of nitrogens with one attached hydrogen (secondary N) is 1. The highest BCUT2D eigenvalue weighted by atomic mass is 35.5. The summed E-state index contributed by atoms with van der Waals surface area (Å²) in [6.07, 6.45) is 3.01. The minimum absolute atomic E-state index is 0.0984. The minimum Gasteiger partial charge on any atom is -0.322 e. The molecule has 120 valence electrons. The van der Waals surface area contributed by atoms with Crippen molar-refractivity contribution in [3.05, 3.63) is 76.4 Å². The predicted molar refractivity (Wildman–Crippen MR) is 91.8 cm³/mol. The Kier molecular flexibility index (Phi) is 4.74. The molecule has 3 rings (SSSR count). The van der Waals surface area contributed by atoms with Crippen molar-refractivity contribution in [2.24, 2.45) is 0 Å². The molecule has 0 aliphatic carbocycles. The molecule has 1 amide bonds. The number of nitrogens with zero attached hydrogens (tertiary/aromatic N) is 2. The van der Waals surface area contributed by atoms with Gasteiger partial charge in [0.25, 0.3) is 5.91 Å². The van der Waals surface area contributed by atoms with E-state index in [9.17, 15) is 9.18 Å². The van der Waals surface area contributed by atoms with E-state index in [2.05, 4.69) is 15.3 Å². The highest BCUT2D eigenvalue weighted by Crippen LogP contribution is 2.27. The molecule has 2 aromatic heterocycles. The van der Waals surface area contributed by atoms with Gasteiger partial charge in [0.05, 0.1) is 16.3 Å². The zero-order chi connectivity index (χ0) is 17.1. The Morgan fingerprint density at radius 2 is 1.88 bits per heavy atom. The molecule has 2 heterocycles. The summed E-state index contributed by atoms with van der Waals surface area (Å²) in [7, 11) is 0. The quantitative estimate of drug-likeness (QED) is 0.679. The third kappa shape index (κ3) is 3.53. The summed E-state index contributed by atoms with van der Waals surface area (Å²) < 4.78 is 14.3. The average Bonchev–Trinajstić information content (AvgIpc) is 2.55. The van der Waals surface area contributed by atoms with E-state index < -0.39 is 11.7 Å². The monoisotopic (exact) mass is 361 g/mol. The van der Waals surface area contributed by atoms with Crippen molar-refractivity contribution in [2.75, 3.05) is 5.32 Å². The van der Waals surface area contributed by atoms with Crippen LogP contribution >= 0.6 is 23.2 Å². The number of carbonyl (C=O) groups is 1. The van der Waals surface area contributed by atoms with Crippen molar-refractivity contribution in [1.82, 2.24) is 9.97 Å². The fourth-order valence-electron chi connectivity index (χ4n) is 2.12. The van der Waals surface area contributed by atoms with Crippen LogP contribution in [0.25, 0.3) is 11.3 Å². The summed E-state index contributed by atoms with van der Waals surface area (Å²) in [4.78, 5) is 20.1. The van der Waals surface area contributed by atoms with E-state index in [0.717, 1.165) is 0 Å². The molecule has 0 aliphatic heterocycles. The van der Waals surface area contributed by atoms with Gasteiger partial charge in [0.1, 0.15) is 11.0 Å². The third-order valence-corrected chi connectivity index (χ3v) is 3.74. The van der Waals surface area contributed by atoms with E-state index in [1.807, 2.05) is 0 Å². The van der Waals surface area contributed by atoms with Crippen LogP contribution in [0.5, 0.6) is 0 Å². The standard InChI is InChI=1S/C17H10Cl2FN3O/c18-13-2-1-6-22-16(13)10-3-4-12(14(20)8-10)17(24)23-11-5-7-21-15(19)9-11/h1-9H,(H,21,23,24). The molecule has 0 radical (unpaired) electrons. The molecule has 0 saturated carbocycles.